The Balaban J connectivity index is 1.72. The van der Waals surface area contributed by atoms with Crippen LogP contribution in [0, 0.1) is 6.92 Å². The van der Waals surface area contributed by atoms with Crippen LogP contribution in [0.3, 0.4) is 0 Å². The molecule has 0 spiro atoms. The lowest BCUT2D eigenvalue weighted by atomic mass is 10.1. The van der Waals surface area contributed by atoms with Crippen LogP contribution in [0.4, 0.5) is 0 Å². The minimum Gasteiger partial charge on any atom is -0.423 e. The highest BCUT2D eigenvalue weighted by atomic mass is 35.5. The molecule has 0 atom stereocenters. The molecule has 0 bridgehead atoms. The van der Waals surface area contributed by atoms with Crippen LogP contribution in [0.25, 0.3) is 0 Å². The highest BCUT2D eigenvalue weighted by Crippen LogP contribution is 2.20. The number of carbonyl (C=O) groups is 2. The van der Waals surface area contributed by atoms with E-state index in [1.165, 1.54) is 12.1 Å². The van der Waals surface area contributed by atoms with E-state index in [-0.39, 0.29) is 0 Å². The minimum absolute atomic E-state index is 0.325. The molecule has 0 saturated heterocycles. The van der Waals surface area contributed by atoms with Crippen LogP contribution in [0.5, 0.6) is 11.5 Å². The third kappa shape index (κ3) is 4.88. The summed E-state index contributed by atoms with van der Waals surface area (Å²) in [5, 5.41) is 1.10. The molecular formula is C21H14Cl2O4. The second kappa shape index (κ2) is 8.25. The van der Waals surface area contributed by atoms with Crippen molar-refractivity contribution in [1.82, 2.24) is 0 Å². The van der Waals surface area contributed by atoms with Crippen molar-refractivity contribution >= 4 is 35.1 Å². The van der Waals surface area contributed by atoms with Crippen molar-refractivity contribution < 1.29 is 19.1 Å². The van der Waals surface area contributed by atoms with Gasteiger partial charge in [-0.25, -0.2) is 9.59 Å². The van der Waals surface area contributed by atoms with Crippen LogP contribution in [0.15, 0.2) is 66.7 Å². The fourth-order valence-corrected chi connectivity index (χ4v) is 2.60. The van der Waals surface area contributed by atoms with Crippen molar-refractivity contribution in [3.8, 4) is 11.5 Å². The van der Waals surface area contributed by atoms with Crippen LogP contribution < -0.4 is 9.47 Å². The molecule has 0 N–H and O–H groups in total. The number of hydrogen-bond acceptors (Lipinski definition) is 4. The average Bonchev–Trinajstić information content (AvgIpc) is 2.65. The minimum atomic E-state index is -0.530. The number of esters is 2. The van der Waals surface area contributed by atoms with E-state index in [1.54, 1.807) is 61.5 Å². The van der Waals surface area contributed by atoms with E-state index < -0.39 is 11.9 Å². The highest BCUT2D eigenvalue weighted by Gasteiger charge is 2.15. The number of rotatable bonds is 4. The third-order valence-corrected chi connectivity index (χ3v) is 4.23. The summed E-state index contributed by atoms with van der Waals surface area (Å²) in [5.41, 5.74) is 1.28. The van der Waals surface area contributed by atoms with Crippen LogP contribution in [-0.4, -0.2) is 11.9 Å². The molecule has 0 unspecified atom stereocenters. The molecule has 0 aliphatic carbocycles. The summed E-state index contributed by atoms with van der Waals surface area (Å²) in [6.07, 6.45) is 0. The first-order valence-electron chi connectivity index (χ1n) is 7.98. The van der Waals surface area contributed by atoms with E-state index in [1.807, 2.05) is 0 Å². The zero-order chi connectivity index (χ0) is 19.4. The number of aryl methyl sites for hydroxylation is 1. The molecule has 0 saturated carbocycles. The van der Waals surface area contributed by atoms with Gasteiger partial charge in [0.1, 0.15) is 11.5 Å². The summed E-state index contributed by atoms with van der Waals surface area (Å²) < 4.78 is 10.6. The lowest BCUT2D eigenvalue weighted by molar-refractivity contribution is 0.0719. The molecule has 4 nitrogen and oxygen atoms in total. The van der Waals surface area contributed by atoms with Gasteiger partial charge in [-0.15, -0.1) is 0 Å². The zero-order valence-electron chi connectivity index (χ0n) is 14.2. The molecule has 0 aliphatic rings. The fraction of sp³-hybridized carbons (Fsp3) is 0.0476. The van der Waals surface area contributed by atoms with E-state index in [0.29, 0.717) is 38.2 Å². The molecule has 136 valence electrons. The molecule has 27 heavy (non-hydrogen) atoms. The van der Waals surface area contributed by atoms with Crippen LogP contribution >= 0.6 is 23.2 Å². The molecule has 0 aliphatic heterocycles. The summed E-state index contributed by atoms with van der Waals surface area (Å²) in [7, 11) is 0. The first-order valence-corrected chi connectivity index (χ1v) is 8.74. The summed E-state index contributed by atoms with van der Waals surface area (Å²) >= 11 is 11.6. The van der Waals surface area contributed by atoms with Gasteiger partial charge < -0.3 is 9.47 Å². The van der Waals surface area contributed by atoms with Crippen molar-refractivity contribution in [3.63, 3.8) is 0 Å². The van der Waals surface area contributed by atoms with Crippen LogP contribution in [0.2, 0.25) is 10.0 Å². The van der Waals surface area contributed by atoms with E-state index in [9.17, 15) is 9.59 Å². The van der Waals surface area contributed by atoms with Crippen molar-refractivity contribution in [1.29, 1.82) is 0 Å². The van der Waals surface area contributed by atoms with Gasteiger partial charge in [0.25, 0.3) is 0 Å². The SMILES string of the molecule is Cc1cc(C(=O)Oc2ccc(Cl)cc2)ccc1C(=O)Oc1ccc(Cl)cc1. The Bertz CT molecular complexity index is 980. The van der Waals surface area contributed by atoms with E-state index in [4.69, 9.17) is 32.7 Å². The van der Waals surface area contributed by atoms with Gasteiger partial charge in [0.05, 0.1) is 11.1 Å². The average molecular weight is 401 g/mol. The van der Waals surface area contributed by atoms with Gasteiger partial charge in [0, 0.05) is 10.0 Å². The fourth-order valence-electron chi connectivity index (χ4n) is 2.35. The predicted octanol–water partition coefficient (Wildman–Crippen LogP) is 5.74. The number of ether oxygens (including phenoxy) is 2. The Hall–Kier alpha value is -2.82. The Morgan fingerprint density at radius 2 is 1.19 bits per heavy atom. The number of benzene rings is 3. The Morgan fingerprint density at radius 1 is 0.704 bits per heavy atom. The van der Waals surface area contributed by atoms with Gasteiger partial charge in [-0.1, -0.05) is 23.2 Å². The van der Waals surface area contributed by atoms with E-state index in [2.05, 4.69) is 0 Å². The molecule has 6 heteroatoms. The summed E-state index contributed by atoms with van der Waals surface area (Å²) in [6, 6.07) is 17.6. The number of carbonyl (C=O) groups excluding carboxylic acids is 2. The molecule has 0 heterocycles. The summed E-state index contributed by atoms with van der Waals surface area (Å²) in [6.45, 7) is 1.72. The Labute approximate surface area is 166 Å². The third-order valence-electron chi connectivity index (χ3n) is 3.73. The number of hydrogen-bond donors (Lipinski definition) is 0. The molecule has 0 fully saturated rings. The smallest absolute Gasteiger partial charge is 0.343 e. The summed E-state index contributed by atoms with van der Waals surface area (Å²) in [5.74, 6) is -0.284. The van der Waals surface area contributed by atoms with Gasteiger partial charge in [-0.2, -0.15) is 0 Å². The first kappa shape index (κ1) is 19.0. The van der Waals surface area contributed by atoms with E-state index in [0.717, 1.165) is 0 Å². The molecule has 3 aromatic carbocycles. The monoisotopic (exact) mass is 400 g/mol. The second-order valence-corrected chi connectivity index (χ2v) is 6.59. The Morgan fingerprint density at radius 3 is 1.67 bits per heavy atom. The maximum absolute atomic E-state index is 12.3. The van der Waals surface area contributed by atoms with Crippen LogP contribution in [-0.2, 0) is 0 Å². The maximum Gasteiger partial charge on any atom is 0.343 e. The van der Waals surface area contributed by atoms with Gasteiger partial charge in [-0.3, -0.25) is 0 Å². The van der Waals surface area contributed by atoms with Gasteiger partial charge in [0.15, 0.2) is 0 Å². The Kier molecular flexibility index (Phi) is 5.79. The molecule has 0 radical (unpaired) electrons. The topological polar surface area (TPSA) is 52.6 Å². The normalized spacial score (nSPS) is 10.3. The lowest BCUT2D eigenvalue weighted by Crippen LogP contribution is -2.13. The lowest BCUT2D eigenvalue weighted by Gasteiger charge is -2.09. The first-order chi connectivity index (χ1) is 12.9. The quantitative estimate of drug-likeness (QED) is 0.413. The van der Waals surface area contributed by atoms with E-state index >= 15 is 0 Å². The van der Waals surface area contributed by atoms with Gasteiger partial charge >= 0.3 is 11.9 Å². The van der Waals surface area contributed by atoms with Crippen molar-refractivity contribution in [3.05, 3.63) is 93.5 Å². The molecule has 0 amide bonds. The molecule has 3 aromatic rings. The number of halogens is 2. The molecule has 3 rings (SSSR count). The predicted molar refractivity (Wildman–Crippen MR) is 104 cm³/mol. The summed E-state index contributed by atoms with van der Waals surface area (Å²) in [4.78, 5) is 24.6. The molecule has 0 aromatic heterocycles. The maximum atomic E-state index is 12.3. The van der Waals surface area contributed by atoms with Gasteiger partial charge in [-0.05, 0) is 79.2 Å². The molecular weight excluding hydrogens is 387 g/mol. The second-order valence-electron chi connectivity index (χ2n) is 5.72. The largest absolute Gasteiger partial charge is 0.423 e. The van der Waals surface area contributed by atoms with Crippen LogP contribution in [0.1, 0.15) is 26.3 Å². The zero-order valence-corrected chi connectivity index (χ0v) is 15.8. The van der Waals surface area contributed by atoms with Gasteiger partial charge in [0.2, 0.25) is 0 Å². The van der Waals surface area contributed by atoms with Crippen molar-refractivity contribution in [2.24, 2.45) is 0 Å². The van der Waals surface area contributed by atoms with Crippen molar-refractivity contribution in [2.75, 3.05) is 0 Å². The standard InChI is InChI=1S/C21H14Cl2O4/c1-13-12-14(20(24)26-17-7-3-15(22)4-8-17)2-11-19(13)21(25)27-18-9-5-16(23)6-10-18/h2-12H,1H3. The van der Waals surface area contributed by atoms with Crippen molar-refractivity contribution in [2.45, 2.75) is 6.92 Å². The highest BCUT2D eigenvalue weighted by molar-refractivity contribution is 6.30.